The molecule has 1 aliphatic rings. The van der Waals surface area contributed by atoms with Gasteiger partial charge in [0.25, 0.3) is 5.91 Å². The monoisotopic (exact) mass is 224 g/mol. The molecular weight excluding hydrogens is 208 g/mol. The molecule has 1 aromatic rings. The van der Waals surface area contributed by atoms with Crippen molar-refractivity contribution in [2.75, 3.05) is 18.9 Å². The first-order valence-corrected chi connectivity index (χ1v) is 5.31. The minimum atomic E-state index is -0.548. The highest BCUT2D eigenvalue weighted by atomic mass is 16.5. The number of nitrogens with two attached hydrogens (primary N) is 2. The van der Waals surface area contributed by atoms with Crippen molar-refractivity contribution in [2.45, 2.75) is 19.4 Å². The van der Waals surface area contributed by atoms with E-state index in [9.17, 15) is 4.79 Å². The second kappa shape index (κ2) is 4.13. The molecule has 16 heavy (non-hydrogen) atoms. The average Bonchev–Trinajstić information content (AvgIpc) is 2.61. The third-order valence-corrected chi connectivity index (χ3v) is 3.03. The lowest BCUT2D eigenvalue weighted by Gasteiger charge is -2.28. The number of primary amides is 1. The highest BCUT2D eigenvalue weighted by Gasteiger charge is 2.25. The summed E-state index contributed by atoms with van der Waals surface area (Å²) in [6.45, 7) is 3.51. The fourth-order valence-corrected chi connectivity index (χ4v) is 1.93. The maximum absolute atomic E-state index is 11.1. The van der Waals surface area contributed by atoms with Crippen molar-refractivity contribution in [3.05, 3.63) is 11.8 Å². The Labute approximate surface area is 93.5 Å². The number of nitrogen functional groups attached to an aromatic ring is 1. The summed E-state index contributed by atoms with van der Waals surface area (Å²) in [4.78, 5) is 11.1. The Bertz CT molecular complexity index is 402. The first-order chi connectivity index (χ1) is 7.59. The lowest BCUT2D eigenvalue weighted by atomic mass is 9.97. The summed E-state index contributed by atoms with van der Waals surface area (Å²) in [6.07, 6.45) is 2.59. The standard InChI is InChI=1S/C10H16N4O2/c1-6-2-3-16-5-8(6)14-4-7(10(12)15)9(11)13-14/h4,6,8H,2-3,5H2,1H3,(H2,11,13)(H2,12,15)/t6-,8-/m0/s1. The van der Waals surface area contributed by atoms with E-state index in [1.807, 2.05) is 0 Å². The SMILES string of the molecule is C[C@H]1CCOC[C@@H]1n1cc(C(N)=O)c(N)n1. The molecule has 0 unspecified atom stereocenters. The number of rotatable bonds is 2. The smallest absolute Gasteiger partial charge is 0.254 e. The molecule has 1 aromatic heterocycles. The predicted octanol–water partition coefficient (Wildman–Crippen LogP) is 0.162. The summed E-state index contributed by atoms with van der Waals surface area (Å²) >= 11 is 0. The van der Waals surface area contributed by atoms with Gasteiger partial charge in [0.2, 0.25) is 0 Å². The van der Waals surface area contributed by atoms with Crippen molar-refractivity contribution < 1.29 is 9.53 Å². The number of aromatic nitrogens is 2. The van der Waals surface area contributed by atoms with E-state index in [0.29, 0.717) is 12.5 Å². The van der Waals surface area contributed by atoms with Crippen LogP contribution >= 0.6 is 0 Å². The number of carbonyl (C=O) groups excluding carboxylic acids is 1. The van der Waals surface area contributed by atoms with E-state index in [1.165, 1.54) is 0 Å². The van der Waals surface area contributed by atoms with Crippen molar-refractivity contribution in [3.8, 4) is 0 Å². The zero-order chi connectivity index (χ0) is 11.7. The number of carbonyl (C=O) groups is 1. The summed E-state index contributed by atoms with van der Waals surface area (Å²) in [7, 11) is 0. The Balaban J connectivity index is 2.26. The average molecular weight is 224 g/mol. The summed E-state index contributed by atoms with van der Waals surface area (Å²) in [6, 6.07) is 0.129. The number of anilines is 1. The molecule has 4 N–H and O–H groups in total. The molecule has 2 atom stereocenters. The maximum atomic E-state index is 11.1. The van der Waals surface area contributed by atoms with Gasteiger partial charge < -0.3 is 16.2 Å². The van der Waals surface area contributed by atoms with Crippen molar-refractivity contribution >= 4 is 11.7 Å². The molecule has 0 spiro atoms. The molecule has 88 valence electrons. The van der Waals surface area contributed by atoms with Gasteiger partial charge >= 0.3 is 0 Å². The Morgan fingerprint density at radius 1 is 1.69 bits per heavy atom. The van der Waals surface area contributed by atoms with Crippen LogP contribution in [0.2, 0.25) is 0 Å². The van der Waals surface area contributed by atoms with Crippen LogP contribution in [-0.4, -0.2) is 28.9 Å². The van der Waals surface area contributed by atoms with Gasteiger partial charge in [0.1, 0.15) is 5.56 Å². The molecule has 0 aliphatic carbocycles. The highest BCUT2D eigenvalue weighted by molar-refractivity contribution is 5.96. The Hall–Kier alpha value is -1.56. The molecule has 1 aliphatic heterocycles. The Kier molecular flexibility index (Phi) is 2.82. The van der Waals surface area contributed by atoms with Gasteiger partial charge in [0, 0.05) is 12.8 Å². The highest BCUT2D eigenvalue weighted by Crippen LogP contribution is 2.26. The van der Waals surface area contributed by atoms with Crippen molar-refractivity contribution in [2.24, 2.45) is 11.7 Å². The second-order valence-corrected chi connectivity index (χ2v) is 4.18. The predicted molar refractivity (Wildman–Crippen MR) is 58.8 cm³/mol. The van der Waals surface area contributed by atoms with Crippen LogP contribution in [-0.2, 0) is 4.74 Å². The fourth-order valence-electron chi connectivity index (χ4n) is 1.93. The minimum absolute atomic E-state index is 0.129. The van der Waals surface area contributed by atoms with E-state index in [4.69, 9.17) is 16.2 Å². The number of amides is 1. The van der Waals surface area contributed by atoms with Crippen molar-refractivity contribution in [1.82, 2.24) is 9.78 Å². The van der Waals surface area contributed by atoms with Gasteiger partial charge in [-0.1, -0.05) is 6.92 Å². The topological polar surface area (TPSA) is 96.2 Å². The van der Waals surface area contributed by atoms with E-state index in [0.717, 1.165) is 13.0 Å². The molecular formula is C10H16N4O2. The Morgan fingerprint density at radius 3 is 3.00 bits per heavy atom. The quantitative estimate of drug-likeness (QED) is 0.748. The van der Waals surface area contributed by atoms with Crippen LogP contribution in [0.1, 0.15) is 29.7 Å². The molecule has 1 fully saturated rings. The van der Waals surface area contributed by atoms with Crippen LogP contribution < -0.4 is 11.5 Å². The first kappa shape index (κ1) is 10.9. The van der Waals surface area contributed by atoms with E-state index in [-0.39, 0.29) is 17.4 Å². The largest absolute Gasteiger partial charge is 0.382 e. The van der Waals surface area contributed by atoms with Crippen LogP contribution in [0.15, 0.2) is 6.20 Å². The minimum Gasteiger partial charge on any atom is -0.382 e. The van der Waals surface area contributed by atoms with Gasteiger partial charge in [-0.3, -0.25) is 9.48 Å². The molecule has 1 amide bonds. The van der Waals surface area contributed by atoms with E-state index in [1.54, 1.807) is 10.9 Å². The van der Waals surface area contributed by atoms with E-state index >= 15 is 0 Å². The number of nitrogens with zero attached hydrogens (tertiary/aromatic N) is 2. The van der Waals surface area contributed by atoms with Crippen LogP contribution in [0.5, 0.6) is 0 Å². The first-order valence-electron chi connectivity index (χ1n) is 5.31. The van der Waals surface area contributed by atoms with Crippen molar-refractivity contribution in [1.29, 1.82) is 0 Å². The third kappa shape index (κ3) is 1.88. The molecule has 2 heterocycles. The normalized spacial score (nSPS) is 25.6. The van der Waals surface area contributed by atoms with Gasteiger partial charge in [-0.05, 0) is 12.3 Å². The van der Waals surface area contributed by atoms with Crippen LogP contribution in [0.4, 0.5) is 5.82 Å². The van der Waals surface area contributed by atoms with Gasteiger partial charge in [0.15, 0.2) is 5.82 Å². The second-order valence-electron chi connectivity index (χ2n) is 4.18. The zero-order valence-electron chi connectivity index (χ0n) is 9.22. The molecule has 1 saturated heterocycles. The number of ether oxygens (including phenoxy) is 1. The number of hydrogen-bond donors (Lipinski definition) is 2. The molecule has 0 saturated carbocycles. The molecule has 6 heteroatoms. The van der Waals surface area contributed by atoms with E-state index < -0.39 is 5.91 Å². The maximum Gasteiger partial charge on any atom is 0.254 e. The van der Waals surface area contributed by atoms with Crippen molar-refractivity contribution in [3.63, 3.8) is 0 Å². The number of hydrogen-bond acceptors (Lipinski definition) is 4. The summed E-state index contributed by atoms with van der Waals surface area (Å²) in [5, 5.41) is 4.12. The van der Waals surface area contributed by atoms with Crippen LogP contribution in [0.25, 0.3) is 0 Å². The molecule has 0 bridgehead atoms. The van der Waals surface area contributed by atoms with E-state index in [2.05, 4.69) is 12.0 Å². The molecule has 0 aromatic carbocycles. The lowest BCUT2D eigenvalue weighted by Crippen LogP contribution is -2.28. The molecule has 6 nitrogen and oxygen atoms in total. The lowest BCUT2D eigenvalue weighted by molar-refractivity contribution is 0.0238. The third-order valence-electron chi connectivity index (χ3n) is 3.03. The summed E-state index contributed by atoms with van der Waals surface area (Å²) in [5.74, 6) is 0.0900. The fraction of sp³-hybridized carbons (Fsp3) is 0.600. The molecule has 0 radical (unpaired) electrons. The zero-order valence-corrected chi connectivity index (χ0v) is 9.22. The molecule has 2 rings (SSSR count). The Morgan fingerprint density at radius 2 is 2.44 bits per heavy atom. The van der Waals surface area contributed by atoms with Crippen LogP contribution in [0, 0.1) is 5.92 Å². The van der Waals surface area contributed by atoms with Crippen LogP contribution in [0.3, 0.4) is 0 Å². The van der Waals surface area contributed by atoms with Gasteiger partial charge in [-0.2, -0.15) is 5.10 Å². The summed E-state index contributed by atoms with van der Waals surface area (Å²) in [5.41, 5.74) is 11.1. The van der Waals surface area contributed by atoms with Gasteiger partial charge in [-0.15, -0.1) is 0 Å². The van der Waals surface area contributed by atoms with Gasteiger partial charge in [0.05, 0.1) is 12.6 Å². The van der Waals surface area contributed by atoms with Gasteiger partial charge in [-0.25, -0.2) is 0 Å². The summed E-state index contributed by atoms with van der Waals surface area (Å²) < 4.78 is 7.09.